The highest BCUT2D eigenvalue weighted by molar-refractivity contribution is 6.35. The lowest BCUT2D eigenvalue weighted by molar-refractivity contribution is -0.139. The lowest BCUT2D eigenvalue weighted by Gasteiger charge is -2.11. The normalized spacial score (nSPS) is 10.8. The SMILES string of the molecule is O=C(O)COc1ccc(Cl)c2ccc(Cc3ccc(Cl)cc3)cc12. The monoisotopic (exact) mass is 360 g/mol. The predicted octanol–water partition coefficient (Wildman–Crippen LogP) is 5.20. The average Bonchev–Trinajstić information content (AvgIpc) is 2.56. The molecule has 0 aliphatic rings. The molecule has 3 rings (SSSR count). The number of halogens is 2. The van der Waals surface area contributed by atoms with Crippen molar-refractivity contribution in [1.29, 1.82) is 0 Å². The Labute approximate surface area is 149 Å². The lowest BCUT2D eigenvalue weighted by Crippen LogP contribution is -2.09. The molecular formula is C19H14Cl2O3. The third-order valence-electron chi connectivity index (χ3n) is 3.66. The zero-order valence-electron chi connectivity index (χ0n) is 12.6. The van der Waals surface area contributed by atoms with Gasteiger partial charge in [0, 0.05) is 20.8 Å². The summed E-state index contributed by atoms with van der Waals surface area (Å²) in [6.45, 7) is -0.391. The van der Waals surface area contributed by atoms with E-state index < -0.39 is 12.6 Å². The van der Waals surface area contributed by atoms with Crippen molar-refractivity contribution in [2.75, 3.05) is 6.61 Å². The molecule has 3 aromatic rings. The number of benzene rings is 3. The van der Waals surface area contributed by atoms with E-state index in [-0.39, 0.29) is 0 Å². The maximum atomic E-state index is 10.7. The van der Waals surface area contributed by atoms with Gasteiger partial charge < -0.3 is 9.84 Å². The van der Waals surface area contributed by atoms with Crippen molar-refractivity contribution in [3.05, 3.63) is 75.8 Å². The molecule has 0 spiro atoms. The molecule has 0 radical (unpaired) electrons. The van der Waals surface area contributed by atoms with Gasteiger partial charge >= 0.3 is 5.97 Å². The van der Waals surface area contributed by atoms with Crippen LogP contribution < -0.4 is 4.74 Å². The van der Waals surface area contributed by atoms with Gasteiger partial charge in [-0.15, -0.1) is 0 Å². The van der Waals surface area contributed by atoms with Gasteiger partial charge in [-0.3, -0.25) is 0 Å². The fraction of sp³-hybridized carbons (Fsp3) is 0.105. The minimum Gasteiger partial charge on any atom is -0.481 e. The van der Waals surface area contributed by atoms with E-state index in [0.717, 1.165) is 28.3 Å². The molecule has 0 atom stereocenters. The topological polar surface area (TPSA) is 46.5 Å². The predicted molar refractivity (Wildman–Crippen MR) is 96.3 cm³/mol. The maximum Gasteiger partial charge on any atom is 0.341 e. The summed E-state index contributed by atoms with van der Waals surface area (Å²) in [4.78, 5) is 10.7. The zero-order chi connectivity index (χ0) is 17.1. The lowest BCUT2D eigenvalue weighted by atomic mass is 10.0. The summed E-state index contributed by atoms with van der Waals surface area (Å²) in [7, 11) is 0. The summed E-state index contributed by atoms with van der Waals surface area (Å²) in [5.74, 6) is -0.509. The van der Waals surface area contributed by atoms with Gasteiger partial charge in [-0.1, -0.05) is 47.5 Å². The van der Waals surface area contributed by atoms with Gasteiger partial charge in [-0.05, 0) is 47.9 Å². The number of ether oxygens (including phenoxy) is 1. The molecule has 0 amide bonds. The van der Waals surface area contributed by atoms with Crippen molar-refractivity contribution in [2.24, 2.45) is 0 Å². The van der Waals surface area contributed by atoms with Gasteiger partial charge in [0.2, 0.25) is 0 Å². The number of carboxylic acids is 1. The highest BCUT2D eigenvalue weighted by atomic mass is 35.5. The molecule has 0 heterocycles. The molecule has 1 N–H and O–H groups in total. The van der Waals surface area contributed by atoms with Crippen LogP contribution in [0.25, 0.3) is 10.8 Å². The Hall–Kier alpha value is -2.23. The fourth-order valence-corrected chi connectivity index (χ4v) is 2.90. The summed E-state index contributed by atoms with van der Waals surface area (Å²) >= 11 is 12.1. The summed E-state index contributed by atoms with van der Waals surface area (Å²) in [5, 5.41) is 11.8. The van der Waals surface area contributed by atoms with E-state index >= 15 is 0 Å². The Morgan fingerprint density at radius 1 is 0.917 bits per heavy atom. The van der Waals surface area contributed by atoms with Crippen LogP contribution in [0.1, 0.15) is 11.1 Å². The minimum atomic E-state index is -1.02. The van der Waals surface area contributed by atoms with Gasteiger partial charge in [-0.2, -0.15) is 0 Å². The molecule has 0 unspecified atom stereocenters. The van der Waals surface area contributed by atoms with Crippen LogP contribution >= 0.6 is 23.2 Å². The Kier molecular flexibility index (Phi) is 4.93. The second-order valence-corrected chi connectivity index (χ2v) is 6.25. The largest absolute Gasteiger partial charge is 0.481 e. The van der Waals surface area contributed by atoms with Gasteiger partial charge in [0.15, 0.2) is 6.61 Å². The van der Waals surface area contributed by atoms with Crippen molar-refractivity contribution in [3.8, 4) is 5.75 Å². The van der Waals surface area contributed by atoms with Crippen LogP contribution in [0, 0.1) is 0 Å². The van der Waals surface area contributed by atoms with Crippen LogP contribution in [0.4, 0.5) is 0 Å². The quantitative estimate of drug-likeness (QED) is 0.679. The van der Waals surface area contributed by atoms with Crippen LogP contribution in [-0.2, 0) is 11.2 Å². The van der Waals surface area contributed by atoms with Crippen LogP contribution in [0.5, 0.6) is 5.75 Å². The molecule has 5 heteroatoms. The molecule has 24 heavy (non-hydrogen) atoms. The molecule has 0 saturated carbocycles. The molecule has 3 aromatic carbocycles. The summed E-state index contributed by atoms with van der Waals surface area (Å²) < 4.78 is 5.38. The summed E-state index contributed by atoms with van der Waals surface area (Å²) in [5.41, 5.74) is 2.21. The van der Waals surface area contributed by atoms with Crippen LogP contribution in [-0.4, -0.2) is 17.7 Å². The second-order valence-electron chi connectivity index (χ2n) is 5.41. The van der Waals surface area contributed by atoms with Crippen LogP contribution in [0.3, 0.4) is 0 Å². The number of hydrogen-bond acceptors (Lipinski definition) is 2. The molecular weight excluding hydrogens is 347 g/mol. The van der Waals surface area contributed by atoms with Crippen LogP contribution in [0.15, 0.2) is 54.6 Å². The minimum absolute atomic E-state index is 0.391. The standard InChI is InChI=1S/C19H14Cl2O3/c20-14-4-1-12(2-5-14)9-13-3-6-15-16(10-13)18(8-7-17(15)21)24-11-19(22)23/h1-8,10H,9,11H2,(H,22,23). The molecule has 0 aliphatic carbocycles. The molecule has 0 fully saturated rings. The Morgan fingerprint density at radius 2 is 1.62 bits per heavy atom. The van der Waals surface area contributed by atoms with Crippen molar-refractivity contribution >= 4 is 39.9 Å². The van der Waals surface area contributed by atoms with Gasteiger partial charge in [-0.25, -0.2) is 4.79 Å². The van der Waals surface area contributed by atoms with Gasteiger partial charge in [0.25, 0.3) is 0 Å². The van der Waals surface area contributed by atoms with Gasteiger partial charge in [0.1, 0.15) is 5.75 Å². The van der Waals surface area contributed by atoms with E-state index in [1.807, 2.05) is 42.5 Å². The maximum absolute atomic E-state index is 10.7. The van der Waals surface area contributed by atoms with E-state index in [1.165, 1.54) is 0 Å². The molecule has 122 valence electrons. The van der Waals surface area contributed by atoms with E-state index in [0.29, 0.717) is 15.8 Å². The van der Waals surface area contributed by atoms with Crippen molar-refractivity contribution in [3.63, 3.8) is 0 Å². The molecule has 3 nitrogen and oxygen atoms in total. The first-order valence-corrected chi connectivity index (χ1v) is 8.09. The molecule has 0 saturated heterocycles. The highest BCUT2D eigenvalue weighted by Gasteiger charge is 2.09. The van der Waals surface area contributed by atoms with E-state index in [1.54, 1.807) is 12.1 Å². The summed E-state index contributed by atoms with van der Waals surface area (Å²) in [6.07, 6.45) is 0.734. The van der Waals surface area contributed by atoms with E-state index in [2.05, 4.69) is 0 Å². The number of rotatable bonds is 5. The van der Waals surface area contributed by atoms with E-state index in [9.17, 15) is 4.79 Å². The zero-order valence-corrected chi connectivity index (χ0v) is 14.1. The van der Waals surface area contributed by atoms with Crippen molar-refractivity contribution in [2.45, 2.75) is 6.42 Å². The van der Waals surface area contributed by atoms with E-state index in [4.69, 9.17) is 33.0 Å². The Bertz CT molecular complexity index is 889. The molecule has 0 aliphatic heterocycles. The number of carboxylic acid groups (broad SMARTS) is 1. The van der Waals surface area contributed by atoms with Gasteiger partial charge in [0.05, 0.1) is 0 Å². The van der Waals surface area contributed by atoms with Crippen LogP contribution in [0.2, 0.25) is 10.0 Å². The number of fused-ring (bicyclic) bond motifs is 1. The molecule has 0 bridgehead atoms. The first kappa shape index (κ1) is 16.6. The summed E-state index contributed by atoms with van der Waals surface area (Å²) in [6, 6.07) is 17.0. The number of hydrogen-bond donors (Lipinski definition) is 1. The fourth-order valence-electron chi connectivity index (χ4n) is 2.55. The third kappa shape index (κ3) is 3.81. The second kappa shape index (κ2) is 7.12. The Morgan fingerprint density at radius 3 is 2.33 bits per heavy atom. The average molecular weight is 361 g/mol. The first-order valence-electron chi connectivity index (χ1n) is 7.33. The van der Waals surface area contributed by atoms with Crippen molar-refractivity contribution in [1.82, 2.24) is 0 Å². The number of aliphatic carboxylic acids is 1. The highest BCUT2D eigenvalue weighted by Crippen LogP contribution is 2.32. The molecule has 0 aromatic heterocycles. The first-order chi connectivity index (χ1) is 11.5. The van der Waals surface area contributed by atoms with Crippen molar-refractivity contribution < 1.29 is 14.6 Å². The number of carbonyl (C=O) groups is 1. The third-order valence-corrected chi connectivity index (χ3v) is 4.24. The Balaban J connectivity index is 1.97. The smallest absolute Gasteiger partial charge is 0.341 e.